The lowest BCUT2D eigenvalue weighted by Crippen LogP contribution is -2.51. The Morgan fingerprint density at radius 1 is 1.25 bits per heavy atom. The van der Waals surface area contributed by atoms with Gasteiger partial charge >= 0.3 is 0 Å². The summed E-state index contributed by atoms with van der Waals surface area (Å²) in [6.45, 7) is 4.28. The van der Waals surface area contributed by atoms with Crippen molar-refractivity contribution in [1.29, 1.82) is 0 Å². The van der Waals surface area contributed by atoms with Crippen molar-refractivity contribution in [3.63, 3.8) is 0 Å². The molecule has 2 aliphatic rings. The van der Waals surface area contributed by atoms with Crippen LogP contribution in [0.5, 0.6) is 0 Å². The van der Waals surface area contributed by atoms with Crippen LogP contribution in [-0.4, -0.2) is 42.4 Å². The Balaban J connectivity index is 1.76. The molecule has 3 rings (SSSR count). The molecule has 0 amide bonds. The number of hydrogen-bond acceptors (Lipinski definition) is 3. The van der Waals surface area contributed by atoms with Crippen LogP contribution in [0.25, 0.3) is 0 Å². The molecule has 1 aliphatic carbocycles. The third-order valence-corrected chi connectivity index (χ3v) is 5.14. The van der Waals surface area contributed by atoms with Crippen molar-refractivity contribution < 1.29 is 9.84 Å². The van der Waals surface area contributed by atoms with Crippen LogP contribution < -0.4 is 0 Å². The predicted molar refractivity (Wildman–Crippen MR) is 79.7 cm³/mol. The first-order valence-corrected chi connectivity index (χ1v) is 7.73. The molecule has 0 radical (unpaired) electrons. The van der Waals surface area contributed by atoms with Crippen LogP contribution in [0.15, 0.2) is 24.3 Å². The molecule has 1 heterocycles. The van der Waals surface area contributed by atoms with Crippen LogP contribution in [0.2, 0.25) is 0 Å². The minimum atomic E-state index is -0.356. The lowest BCUT2D eigenvalue weighted by molar-refractivity contribution is -0.0483. The SMILES string of the molecule is COC1CN(C2CCc3ccccc3C2O)CCC1C. The van der Waals surface area contributed by atoms with Gasteiger partial charge in [0.15, 0.2) is 0 Å². The average molecular weight is 275 g/mol. The van der Waals surface area contributed by atoms with Gasteiger partial charge in [-0.25, -0.2) is 0 Å². The number of nitrogens with zero attached hydrogens (tertiary/aromatic N) is 1. The molecule has 4 atom stereocenters. The van der Waals surface area contributed by atoms with Crippen LogP contribution in [0.3, 0.4) is 0 Å². The van der Waals surface area contributed by atoms with E-state index in [1.54, 1.807) is 7.11 Å². The van der Waals surface area contributed by atoms with Gasteiger partial charge in [0.25, 0.3) is 0 Å². The number of aryl methyl sites for hydroxylation is 1. The molecule has 3 heteroatoms. The van der Waals surface area contributed by atoms with Crippen molar-refractivity contribution in [3.05, 3.63) is 35.4 Å². The maximum Gasteiger partial charge on any atom is 0.0947 e. The molecule has 0 saturated carbocycles. The Bertz CT molecular complexity index is 462. The number of aliphatic hydroxyl groups excluding tert-OH is 1. The van der Waals surface area contributed by atoms with Gasteiger partial charge in [0.05, 0.1) is 12.2 Å². The molecule has 0 aromatic heterocycles. The van der Waals surface area contributed by atoms with Gasteiger partial charge in [-0.15, -0.1) is 0 Å². The molecule has 0 spiro atoms. The first-order chi connectivity index (χ1) is 9.70. The van der Waals surface area contributed by atoms with E-state index in [9.17, 15) is 5.11 Å². The third-order valence-electron chi connectivity index (χ3n) is 5.14. The maximum absolute atomic E-state index is 10.7. The Morgan fingerprint density at radius 2 is 2.05 bits per heavy atom. The number of likely N-dealkylation sites (tertiary alicyclic amines) is 1. The standard InChI is InChI=1S/C17H25NO2/c1-12-9-10-18(11-16(12)20-2)15-8-7-13-5-3-4-6-14(13)17(15)19/h3-6,12,15-17,19H,7-11H2,1-2H3. The summed E-state index contributed by atoms with van der Waals surface area (Å²) in [6.07, 6.45) is 3.22. The highest BCUT2D eigenvalue weighted by Crippen LogP contribution is 2.35. The smallest absolute Gasteiger partial charge is 0.0947 e. The highest BCUT2D eigenvalue weighted by atomic mass is 16.5. The number of methoxy groups -OCH3 is 1. The van der Waals surface area contributed by atoms with Crippen molar-refractivity contribution in [2.45, 2.75) is 44.4 Å². The van der Waals surface area contributed by atoms with Crippen LogP contribution in [0.4, 0.5) is 0 Å². The third kappa shape index (κ3) is 2.50. The van der Waals surface area contributed by atoms with Crippen molar-refractivity contribution in [2.75, 3.05) is 20.2 Å². The van der Waals surface area contributed by atoms with Gasteiger partial charge in [-0.3, -0.25) is 4.90 Å². The van der Waals surface area contributed by atoms with E-state index in [-0.39, 0.29) is 12.1 Å². The molecular weight excluding hydrogens is 250 g/mol. The molecule has 20 heavy (non-hydrogen) atoms. The Kier molecular flexibility index (Phi) is 4.11. The number of rotatable bonds is 2. The van der Waals surface area contributed by atoms with Crippen LogP contribution in [0, 0.1) is 5.92 Å². The van der Waals surface area contributed by atoms with E-state index in [0.717, 1.165) is 37.9 Å². The molecule has 1 fully saturated rings. The lowest BCUT2D eigenvalue weighted by atomic mass is 9.83. The number of ether oxygens (including phenoxy) is 1. The molecule has 110 valence electrons. The molecule has 1 N–H and O–H groups in total. The van der Waals surface area contributed by atoms with E-state index in [1.807, 2.05) is 6.07 Å². The van der Waals surface area contributed by atoms with Crippen LogP contribution in [-0.2, 0) is 11.2 Å². The van der Waals surface area contributed by atoms with E-state index in [4.69, 9.17) is 4.74 Å². The quantitative estimate of drug-likeness (QED) is 0.899. The number of fused-ring (bicyclic) bond motifs is 1. The zero-order valence-electron chi connectivity index (χ0n) is 12.5. The van der Waals surface area contributed by atoms with Crippen molar-refractivity contribution in [1.82, 2.24) is 4.90 Å². The molecule has 1 saturated heterocycles. The molecular formula is C17H25NO2. The number of hydrogen-bond donors (Lipinski definition) is 1. The highest BCUT2D eigenvalue weighted by molar-refractivity contribution is 5.32. The summed E-state index contributed by atoms with van der Waals surface area (Å²) in [6, 6.07) is 8.56. The number of aliphatic hydroxyl groups is 1. The lowest BCUT2D eigenvalue weighted by Gasteiger charge is -2.44. The highest BCUT2D eigenvalue weighted by Gasteiger charge is 2.36. The fourth-order valence-corrected chi connectivity index (χ4v) is 3.77. The summed E-state index contributed by atoms with van der Waals surface area (Å²) in [5.74, 6) is 0.615. The Morgan fingerprint density at radius 3 is 2.85 bits per heavy atom. The van der Waals surface area contributed by atoms with Crippen LogP contribution >= 0.6 is 0 Å². The fourth-order valence-electron chi connectivity index (χ4n) is 3.77. The minimum Gasteiger partial charge on any atom is -0.387 e. The number of piperidine rings is 1. The first-order valence-electron chi connectivity index (χ1n) is 7.73. The van der Waals surface area contributed by atoms with Gasteiger partial charge in [0, 0.05) is 19.7 Å². The zero-order valence-corrected chi connectivity index (χ0v) is 12.5. The topological polar surface area (TPSA) is 32.7 Å². The molecule has 4 unspecified atom stereocenters. The minimum absolute atomic E-state index is 0.245. The van der Waals surface area contributed by atoms with Gasteiger partial charge in [0.2, 0.25) is 0 Å². The second-order valence-electron chi connectivity index (χ2n) is 6.28. The summed E-state index contributed by atoms with van der Waals surface area (Å²) >= 11 is 0. The summed E-state index contributed by atoms with van der Waals surface area (Å²) in [5.41, 5.74) is 2.43. The average Bonchev–Trinajstić information content (AvgIpc) is 2.49. The normalized spacial score (nSPS) is 34.8. The van der Waals surface area contributed by atoms with Crippen molar-refractivity contribution in [3.8, 4) is 0 Å². The first kappa shape index (κ1) is 14.1. The monoisotopic (exact) mass is 275 g/mol. The van der Waals surface area contributed by atoms with E-state index < -0.39 is 0 Å². The van der Waals surface area contributed by atoms with Crippen molar-refractivity contribution >= 4 is 0 Å². The van der Waals surface area contributed by atoms with Gasteiger partial charge < -0.3 is 9.84 Å². The fraction of sp³-hybridized carbons (Fsp3) is 0.647. The van der Waals surface area contributed by atoms with Gasteiger partial charge in [-0.2, -0.15) is 0 Å². The Hall–Kier alpha value is -0.900. The molecule has 1 aliphatic heterocycles. The Labute approximate surface area is 121 Å². The summed E-state index contributed by atoms with van der Waals surface area (Å²) in [7, 11) is 1.80. The summed E-state index contributed by atoms with van der Waals surface area (Å²) in [5, 5.41) is 10.7. The van der Waals surface area contributed by atoms with E-state index >= 15 is 0 Å². The summed E-state index contributed by atoms with van der Waals surface area (Å²) < 4.78 is 5.61. The molecule has 1 aromatic carbocycles. The maximum atomic E-state index is 10.7. The van der Waals surface area contributed by atoms with Gasteiger partial charge in [-0.05, 0) is 42.9 Å². The molecule has 0 bridgehead atoms. The zero-order chi connectivity index (χ0) is 14.1. The van der Waals surface area contributed by atoms with Gasteiger partial charge in [-0.1, -0.05) is 31.2 Å². The van der Waals surface area contributed by atoms with Gasteiger partial charge in [0.1, 0.15) is 0 Å². The van der Waals surface area contributed by atoms with Crippen molar-refractivity contribution in [2.24, 2.45) is 5.92 Å². The number of benzene rings is 1. The predicted octanol–water partition coefficient (Wildman–Crippen LogP) is 2.39. The second kappa shape index (κ2) is 5.84. The molecule has 1 aromatic rings. The molecule has 3 nitrogen and oxygen atoms in total. The van der Waals surface area contributed by atoms with E-state index in [0.29, 0.717) is 12.0 Å². The van der Waals surface area contributed by atoms with Crippen LogP contribution in [0.1, 0.15) is 37.0 Å². The van der Waals surface area contributed by atoms with E-state index in [1.165, 1.54) is 5.56 Å². The van der Waals surface area contributed by atoms with E-state index in [2.05, 4.69) is 30.0 Å². The second-order valence-corrected chi connectivity index (χ2v) is 6.28. The largest absolute Gasteiger partial charge is 0.387 e. The summed E-state index contributed by atoms with van der Waals surface area (Å²) in [4.78, 5) is 2.44.